The summed E-state index contributed by atoms with van der Waals surface area (Å²) >= 11 is 0. The van der Waals surface area contributed by atoms with Crippen LogP contribution in [0.2, 0.25) is 0 Å². The quantitative estimate of drug-likeness (QED) is 0.181. The summed E-state index contributed by atoms with van der Waals surface area (Å²) < 4.78 is 0. The Labute approximate surface area is 277 Å². The van der Waals surface area contributed by atoms with Crippen molar-refractivity contribution in [2.75, 3.05) is 0 Å². The number of hydrogen-bond acceptors (Lipinski definition) is 5. The lowest BCUT2D eigenvalue weighted by atomic mass is 9.93. The zero-order valence-corrected chi connectivity index (χ0v) is 25.8. The van der Waals surface area contributed by atoms with E-state index in [4.69, 9.17) is 15.0 Å². The van der Waals surface area contributed by atoms with Crippen molar-refractivity contribution in [3.05, 3.63) is 164 Å². The van der Waals surface area contributed by atoms with E-state index in [-0.39, 0.29) is 0 Å². The number of nitrogens with zero attached hydrogens (tertiary/aromatic N) is 5. The van der Waals surface area contributed by atoms with Gasteiger partial charge in [0.05, 0.1) is 0 Å². The average Bonchev–Trinajstić information content (AvgIpc) is 3.18. The molecule has 0 aliphatic rings. The molecule has 6 aromatic carbocycles. The van der Waals surface area contributed by atoms with Crippen molar-refractivity contribution in [3.8, 4) is 56.4 Å². The maximum Gasteiger partial charge on any atom is 0.164 e. The highest BCUT2D eigenvalue weighted by atomic mass is 15.0. The van der Waals surface area contributed by atoms with Gasteiger partial charge in [-0.15, -0.1) is 0 Å². The van der Waals surface area contributed by atoms with Gasteiger partial charge in [-0.05, 0) is 79.8 Å². The summed E-state index contributed by atoms with van der Waals surface area (Å²) in [5.74, 6) is 1.83. The highest BCUT2D eigenvalue weighted by molar-refractivity contribution is 6.25. The van der Waals surface area contributed by atoms with E-state index in [1.54, 1.807) is 12.4 Å². The molecular weight excluding hydrogens is 587 g/mol. The first-order valence-corrected chi connectivity index (χ1v) is 15.9. The monoisotopic (exact) mass is 613 g/mol. The predicted octanol–water partition coefficient (Wildman–Crippen LogP) is 10.5. The van der Waals surface area contributed by atoms with E-state index in [9.17, 15) is 0 Å². The van der Waals surface area contributed by atoms with Crippen LogP contribution in [-0.4, -0.2) is 24.9 Å². The van der Waals surface area contributed by atoms with Gasteiger partial charge in [-0.25, -0.2) is 15.0 Å². The minimum Gasteiger partial charge on any atom is -0.264 e. The zero-order valence-electron chi connectivity index (χ0n) is 25.8. The molecule has 224 valence electrons. The molecular formula is C43H27N5. The second kappa shape index (κ2) is 11.6. The molecule has 0 bridgehead atoms. The third kappa shape index (κ3) is 4.95. The Balaban J connectivity index is 1.29. The SMILES string of the molecule is c1ccc(-c2nc(-c3cc(-c4cccnc4)cc(-c4cccnc4)c3)nc(-c3ccc4c5ccccc5c5ccccc5c4c3)n2)cc1. The second-order valence-corrected chi connectivity index (χ2v) is 11.8. The van der Waals surface area contributed by atoms with Crippen LogP contribution < -0.4 is 0 Å². The summed E-state index contributed by atoms with van der Waals surface area (Å²) in [4.78, 5) is 24.1. The van der Waals surface area contributed by atoms with Crippen LogP contribution in [0, 0.1) is 0 Å². The molecule has 5 heteroatoms. The summed E-state index contributed by atoms with van der Waals surface area (Å²) in [6, 6.07) is 48.3. The molecule has 0 saturated carbocycles. The Bertz CT molecular complexity index is 2510. The normalized spacial score (nSPS) is 11.3. The van der Waals surface area contributed by atoms with E-state index in [2.05, 4.69) is 107 Å². The first kappa shape index (κ1) is 27.7. The van der Waals surface area contributed by atoms with E-state index in [0.717, 1.165) is 38.9 Å². The first-order chi connectivity index (χ1) is 23.8. The molecule has 0 atom stereocenters. The predicted molar refractivity (Wildman–Crippen MR) is 195 cm³/mol. The molecule has 0 spiro atoms. The van der Waals surface area contributed by atoms with Gasteiger partial charge in [-0.2, -0.15) is 0 Å². The molecule has 3 heterocycles. The Morgan fingerprint density at radius 3 is 1.25 bits per heavy atom. The Kier molecular flexibility index (Phi) is 6.72. The van der Waals surface area contributed by atoms with Crippen molar-refractivity contribution in [3.63, 3.8) is 0 Å². The molecule has 0 fully saturated rings. The van der Waals surface area contributed by atoms with E-state index in [0.29, 0.717) is 17.5 Å². The second-order valence-electron chi connectivity index (χ2n) is 11.8. The summed E-state index contributed by atoms with van der Waals surface area (Å²) in [6.07, 6.45) is 7.33. The highest BCUT2D eigenvalue weighted by Crippen LogP contribution is 2.38. The fourth-order valence-corrected chi connectivity index (χ4v) is 6.55. The van der Waals surface area contributed by atoms with Gasteiger partial charge in [0.15, 0.2) is 17.5 Å². The van der Waals surface area contributed by atoms with Gasteiger partial charge >= 0.3 is 0 Å². The molecule has 9 rings (SSSR count). The van der Waals surface area contributed by atoms with Crippen molar-refractivity contribution in [2.24, 2.45) is 0 Å². The molecule has 48 heavy (non-hydrogen) atoms. The van der Waals surface area contributed by atoms with Crippen LogP contribution in [0.4, 0.5) is 0 Å². The lowest BCUT2D eigenvalue weighted by Gasteiger charge is -2.13. The maximum absolute atomic E-state index is 5.16. The number of rotatable bonds is 5. The van der Waals surface area contributed by atoms with Gasteiger partial charge in [0.25, 0.3) is 0 Å². The van der Waals surface area contributed by atoms with Crippen molar-refractivity contribution < 1.29 is 0 Å². The third-order valence-electron chi connectivity index (χ3n) is 8.85. The number of hydrogen-bond donors (Lipinski definition) is 0. The first-order valence-electron chi connectivity index (χ1n) is 15.9. The molecule has 0 radical (unpaired) electrons. The highest BCUT2D eigenvalue weighted by Gasteiger charge is 2.16. The van der Waals surface area contributed by atoms with Crippen LogP contribution in [0.3, 0.4) is 0 Å². The Hall–Kier alpha value is -6.59. The number of benzene rings is 6. The molecule has 0 N–H and O–H groups in total. The summed E-state index contributed by atoms with van der Waals surface area (Å²) in [5.41, 5.74) is 6.80. The molecule has 3 aromatic heterocycles. The molecule has 5 nitrogen and oxygen atoms in total. The van der Waals surface area contributed by atoms with E-state index in [1.165, 1.54) is 32.3 Å². The molecule has 0 saturated heterocycles. The smallest absolute Gasteiger partial charge is 0.164 e. The molecule has 0 aliphatic heterocycles. The Morgan fingerprint density at radius 2 is 0.708 bits per heavy atom. The molecule has 0 aliphatic carbocycles. The van der Waals surface area contributed by atoms with Gasteiger partial charge in [-0.3, -0.25) is 9.97 Å². The van der Waals surface area contributed by atoms with E-state index < -0.39 is 0 Å². The van der Waals surface area contributed by atoms with Crippen LogP contribution in [0.25, 0.3) is 88.7 Å². The lowest BCUT2D eigenvalue weighted by Crippen LogP contribution is -2.01. The van der Waals surface area contributed by atoms with Crippen molar-refractivity contribution >= 4 is 32.3 Å². The van der Waals surface area contributed by atoms with Crippen LogP contribution in [0.15, 0.2) is 164 Å². The van der Waals surface area contributed by atoms with Gasteiger partial charge < -0.3 is 0 Å². The number of pyridine rings is 2. The van der Waals surface area contributed by atoms with Crippen LogP contribution in [0.5, 0.6) is 0 Å². The van der Waals surface area contributed by atoms with Crippen LogP contribution >= 0.6 is 0 Å². The summed E-state index contributed by atoms with van der Waals surface area (Å²) in [6.45, 7) is 0. The molecule has 0 unspecified atom stereocenters. The van der Waals surface area contributed by atoms with Crippen LogP contribution in [0.1, 0.15) is 0 Å². The zero-order chi connectivity index (χ0) is 31.9. The van der Waals surface area contributed by atoms with E-state index >= 15 is 0 Å². The van der Waals surface area contributed by atoms with Gasteiger partial charge in [0.2, 0.25) is 0 Å². The number of fused-ring (bicyclic) bond motifs is 6. The fourth-order valence-electron chi connectivity index (χ4n) is 6.55. The maximum atomic E-state index is 5.16. The largest absolute Gasteiger partial charge is 0.264 e. The third-order valence-corrected chi connectivity index (χ3v) is 8.85. The Morgan fingerprint density at radius 1 is 0.271 bits per heavy atom. The fraction of sp³-hybridized carbons (Fsp3) is 0. The molecule has 0 amide bonds. The van der Waals surface area contributed by atoms with Crippen LogP contribution in [-0.2, 0) is 0 Å². The standard InChI is InChI=1S/C43H27N5/c1-2-10-28(11-3-1)41-46-42(29-18-19-39-37-16-5-4-14-35(37)36-15-6-7-17-38(36)40(39)25-29)48-43(47-41)34-23-32(30-12-8-20-44-26-30)22-33(24-34)31-13-9-21-45-27-31/h1-27H. The minimum atomic E-state index is 0.596. The lowest BCUT2D eigenvalue weighted by molar-refractivity contribution is 1.07. The van der Waals surface area contributed by atoms with Gasteiger partial charge in [0.1, 0.15) is 0 Å². The van der Waals surface area contributed by atoms with Crippen molar-refractivity contribution in [1.29, 1.82) is 0 Å². The van der Waals surface area contributed by atoms with Gasteiger partial charge in [0, 0.05) is 52.6 Å². The van der Waals surface area contributed by atoms with Crippen molar-refractivity contribution in [2.45, 2.75) is 0 Å². The summed E-state index contributed by atoms with van der Waals surface area (Å²) in [7, 11) is 0. The average molecular weight is 614 g/mol. The number of aromatic nitrogens is 5. The van der Waals surface area contributed by atoms with Crippen molar-refractivity contribution in [1.82, 2.24) is 24.9 Å². The van der Waals surface area contributed by atoms with Gasteiger partial charge in [-0.1, -0.05) is 103 Å². The summed E-state index contributed by atoms with van der Waals surface area (Å²) in [5, 5.41) is 7.29. The minimum absolute atomic E-state index is 0.596. The topological polar surface area (TPSA) is 64.5 Å². The van der Waals surface area contributed by atoms with E-state index in [1.807, 2.05) is 54.9 Å². The molecule has 9 aromatic rings.